The summed E-state index contributed by atoms with van der Waals surface area (Å²) in [6.45, 7) is 5.34. The number of hydrogen-bond donors (Lipinski definition) is 3. The summed E-state index contributed by atoms with van der Waals surface area (Å²) in [6.07, 6.45) is 3.77. The summed E-state index contributed by atoms with van der Waals surface area (Å²) in [5.74, 6) is 0.473. The first-order valence-electron chi connectivity index (χ1n) is 14.2. The van der Waals surface area contributed by atoms with Crippen LogP contribution in [0.4, 0.5) is 20.7 Å². The van der Waals surface area contributed by atoms with Crippen molar-refractivity contribution >= 4 is 40.8 Å². The highest BCUT2D eigenvalue weighted by molar-refractivity contribution is 7.80. The quantitative estimate of drug-likeness (QED) is 0.347. The summed E-state index contributed by atoms with van der Waals surface area (Å²) in [6, 6.07) is 14.6. The number of anilines is 2. The van der Waals surface area contributed by atoms with E-state index in [0.717, 1.165) is 26.2 Å². The number of benzene rings is 2. The van der Waals surface area contributed by atoms with Crippen LogP contribution in [-0.4, -0.2) is 94.1 Å². The van der Waals surface area contributed by atoms with Gasteiger partial charge < -0.3 is 25.2 Å². The Labute approximate surface area is 255 Å². The molecular weight excluding hydrogens is 571 g/mol. The Kier molecular flexibility index (Phi) is 10.1. The SMILES string of the molecule is CN1CCC(N2CCN(C(=O)Nc3cc(Oc4ccc(NC(=S)NC(=O)Cc5ccc(F)cc5)cc4)ncn3)CC2)CC1. The maximum atomic E-state index is 13.1. The summed E-state index contributed by atoms with van der Waals surface area (Å²) < 4.78 is 18.9. The minimum absolute atomic E-state index is 0.0749. The summed E-state index contributed by atoms with van der Waals surface area (Å²) in [5.41, 5.74) is 1.32. The van der Waals surface area contributed by atoms with Crippen molar-refractivity contribution in [3.8, 4) is 11.6 Å². The summed E-state index contributed by atoms with van der Waals surface area (Å²) >= 11 is 5.23. The van der Waals surface area contributed by atoms with Gasteiger partial charge in [-0.2, -0.15) is 0 Å². The molecule has 226 valence electrons. The standard InChI is InChI=1S/C30H35FN8O3S/c1-37-12-10-24(11-13-37)38-14-16-39(17-15-38)30(41)35-26-19-28(33-20-32-26)42-25-8-6-23(7-9-25)34-29(43)36-27(40)18-21-2-4-22(31)5-3-21/h2-9,19-20,24H,10-18H2,1H3,(H,32,33,35,41)(H2,34,36,40,43). The molecule has 2 fully saturated rings. The zero-order valence-corrected chi connectivity index (χ0v) is 24.8. The van der Waals surface area contributed by atoms with Gasteiger partial charge in [0.15, 0.2) is 5.11 Å². The number of piperidine rings is 1. The van der Waals surface area contributed by atoms with Gasteiger partial charge in [0.1, 0.15) is 23.7 Å². The van der Waals surface area contributed by atoms with Crippen LogP contribution in [0.1, 0.15) is 18.4 Å². The van der Waals surface area contributed by atoms with Gasteiger partial charge in [-0.3, -0.25) is 15.0 Å². The molecule has 0 radical (unpaired) electrons. The number of halogens is 1. The molecular formula is C30H35FN8O3S. The molecule has 2 aliphatic rings. The van der Waals surface area contributed by atoms with Gasteiger partial charge in [0.25, 0.3) is 0 Å². The number of rotatable bonds is 7. The van der Waals surface area contributed by atoms with Crippen LogP contribution < -0.4 is 20.7 Å². The fraction of sp³-hybridized carbons (Fsp3) is 0.367. The van der Waals surface area contributed by atoms with Gasteiger partial charge >= 0.3 is 6.03 Å². The molecule has 0 aliphatic carbocycles. The topological polar surface area (TPSA) is 115 Å². The third-order valence-electron chi connectivity index (χ3n) is 7.55. The van der Waals surface area contributed by atoms with Gasteiger partial charge in [0, 0.05) is 44.0 Å². The van der Waals surface area contributed by atoms with Crippen LogP contribution in [0.25, 0.3) is 0 Å². The number of ether oxygens (including phenoxy) is 1. The Balaban J connectivity index is 1.06. The van der Waals surface area contributed by atoms with Crippen molar-refractivity contribution in [3.63, 3.8) is 0 Å². The van der Waals surface area contributed by atoms with Crippen molar-refractivity contribution in [1.82, 2.24) is 30.0 Å². The average Bonchev–Trinajstić information content (AvgIpc) is 3.00. The molecule has 3 aromatic rings. The van der Waals surface area contributed by atoms with E-state index in [2.05, 4.69) is 42.8 Å². The number of nitrogens with one attached hydrogen (secondary N) is 3. The van der Waals surface area contributed by atoms with Gasteiger partial charge in [0.2, 0.25) is 11.8 Å². The molecule has 5 rings (SSSR count). The molecule has 0 spiro atoms. The average molecular weight is 607 g/mol. The first-order chi connectivity index (χ1) is 20.8. The van der Waals surface area contributed by atoms with E-state index in [-0.39, 0.29) is 35.2 Å². The lowest BCUT2D eigenvalue weighted by molar-refractivity contribution is -0.119. The van der Waals surface area contributed by atoms with Crippen molar-refractivity contribution in [3.05, 3.63) is 72.3 Å². The van der Waals surface area contributed by atoms with Crippen LogP contribution in [-0.2, 0) is 11.2 Å². The van der Waals surface area contributed by atoms with Gasteiger partial charge in [-0.1, -0.05) is 12.1 Å². The summed E-state index contributed by atoms with van der Waals surface area (Å²) in [4.78, 5) is 40.1. The van der Waals surface area contributed by atoms with Crippen LogP contribution in [0.2, 0.25) is 0 Å². The van der Waals surface area contributed by atoms with E-state index < -0.39 is 0 Å². The number of nitrogens with zero attached hydrogens (tertiary/aromatic N) is 5. The van der Waals surface area contributed by atoms with Crippen molar-refractivity contribution < 1.29 is 18.7 Å². The smallest absolute Gasteiger partial charge is 0.323 e. The van der Waals surface area contributed by atoms with E-state index in [4.69, 9.17) is 17.0 Å². The molecule has 0 atom stereocenters. The van der Waals surface area contributed by atoms with E-state index in [0.29, 0.717) is 41.9 Å². The predicted octanol–water partition coefficient (Wildman–Crippen LogP) is 3.71. The first-order valence-corrected chi connectivity index (χ1v) is 14.7. The van der Waals surface area contributed by atoms with E-state index >= 15 is 0 Å². The number of carbonyl (C=O) groups is 2. The minimum atomic E-state index is -0.358. The van der Waals surface area contributed by atoms with Crippen molar-refractivity contribution in [2.75, 3.05) is 56.9 Å². The number of urea groups is 1. The fourth-order valence-electron chi connectivity index (χ4n) is 5.15. The van der Waals surface area contributed by atoms with Crippen LogP contribution in [0.5, 0.6) is 11.6 Å². The predicted molar refractivity (Wildman–Crippen MR) is 166 cm³/mol. The molecule has 3 N–H and O–H groups in total. The summed E-state index contributed by atoms with van der Waals surface area (Å²) in [7, 11) is 2.17. The maximum absolute atomic E-state index is 13.1. The van der Waals surface area contributed by atoms with E-state index in [1.54, 1.807) is 42.5 Å². The van der Waals surface area contributed by atoms with E-state index in [9.17, 15) is 14.0 Å². The third kappa shape index (κ3) is 8.89. The molecule has 2 aromatic carbocycles. The number of aromatic nitrogens is 2. The largest absolute Gasteiger partial charge is 0.439 e. The molecule has 11 nitrogen and oxygen atoms in total. The first kappa shape index (κ1) is 30.3. The fourth-order valence-corrected chi connectivity index (χ4v) is 5.38. The molecule has 2 aliphatic heterocycles. The van der Waals surface area contributed by atoms with Crippen molar-refractivity contribution in [2.24, 2.45) is 0 Å². The van der Waals surface area contributed by atoms with Gasteiger partial charge in [-0.15, -0.1) is 0 Å². The maximum Gasteiger partial charge on any atom is 0.323 e. The molecule has 2 saturated heterocycles. The lowest BCUT2D eigenvalue weighted by atomic mass is 10.0. The Bertz CT molecular complexity index is 1410. The zero-order valence-electron chi connectivity index (χ0n) is 24.0. The number of amides is 3. The second-order valence-corrected chi connectivity index (χ2v) is 11.1. The molecule has 0 saturated carbocycles. The van der Waals surface area contributed by atoms with E-state index in [1.165, 1.54) is 31.3 Å². The molecule has 0 bridgehead atoms. The Morgan fingerprint density at radius 1 is 0.953 bits per heavy atom. The lowest BCUT2D eigenvalue weighted by Gasteiger charge is -2.42. The Morgan fingerprint density at radius 2 is 1.65 bits per heavy atom. The highest BCUT2D eigenvalue weighted by Crippen LogP contribution is 2.23. The number of thiocarbonyl (C=S) groups is 1. The van der Waals surface area contributed by atoms with Gasteiger partial charge in [-0.25, -0.2) is 19.2 Å². The van der Waals surface area contributed by atoms with Crippen molar-refractivity contribution in [1.29, 1.82) is 0 Å². The molecule has 13 heteroatoms. The van der Waals surface area contributed by atoms with Gasteiger partial charge in [-0.05, 0) is 87.2 Å². The number of hydrogen-bond acceptors (Lipinski definition) is 8. The second-order valence-electron chi connectivity index (χ2n) is 10.7. The molecule has 0 unspecified atom stereocenters. The third-order valence-corrected chi connectivity index (χ3v) is 7.75. The highest BCUT2D eigenvalue weighted by atomic mass is 32.1. The second kappa shape index (κ2) is 14.3. The van der Waals surface area contributed by atoms with Crippen LogP contribution in [0.3, 0.4) is 0 Å². The lowest BCUT2D eigenvalue weighted by Crippen LogP contribution is -2.54. The minimum Gasteiger partial charge on any atom is -0.439 e. The van der Waals surface area contributed by atoms with Crippen LogP contribution >= 0.6 is 12.2 Å². The Hall–Kier alpha value is -4.20. The van der Waals surface area contributed by atoms with Gasteiger partial charge in [0.05, 0.1) is 6.42 Å². The summed E-state index contributed by atoms with van der Waals surface area (Å²) in [5, 5.41) is 8.55. The zero-order chi connectivity index (χ0) is 30.2. The molecule has 3 heterocycles. The van der Waals surface area contributed by atoms with Crippen LogP contribution in [0, 0.1) is 5.82 Å². The highest BCUT2D eigenvalue weighted by Gasteiger charge is 2.28. The Morgan fingerprint density at radius 3 is 2.35 bits per heavy atom. The molecule has 43 heavy (non-hydrogen) atoms. The van der Waals surface area contributed by atoms with Crippen LogP contribution in [0.15, 0.2) is 60.9 Å². The number of carbonyl (C=O) groups excluding carboxylic acids is 2. The monoisotopic (exact) mass is 606 g/mol. The molecule has 1 aromatic heterocycles. The number of likely N-dealkylation sites (tertiary alicyclic amines) is 1. The molecule has 3 amide bonds. The number of piperazine rings is 1. The van der Waals surface area contributed by atoms with E-state index in [1.807, 2.05) is 4.90 Å². The van der Waals surface area contributed by atoms with Crippen molar-refractivity contribution in [2.45, 2.75) is 25.3 Å². The normalized spacial score (nSPS) is 16.4.